The summed E-state index contributed by atoms with van der Waals surface area (Å²) in [4.78, 5) is 27.5. The Hall–Kier alpha value is -3.61. The molecular formula is C34H39N2O3P. The molecule has 208 valence electrons. The van der Waals surface area contributed by atoms with Crippen molar-refractivity contribution in [2.24, 2.45) is 5.41 Å². The number of ether oxygens (including phenoxy) is 1. The molecule has 0 bridgehead atoms. The Bertz CT molecular complexity index is 1270. The Morgan fingerprint density at radius 2 is 1.40 bits per heavy atom. The van der Waals surface area contributed by atoms with E-state index in [1.807, 2.05) is 97.9 Å². The second-order valence-corrected chi connectivity index (χ2v) is 14.0. The molecule has 4 rings (SSSR count). The molecule has 5 nitrogen and oxygen atoms in total. The minimum atomic E-state index is -2.88. The monoisotopic (exact) mass is 554 g/mol. The van der Waals surface area contributed by atoms with Crippen LogP contribution in [0, 0.1) is 16.7 Å². The predicted octanol–water partition coefficient (Wildman–Crippen LogP) is 6.11. The molecule has 1 saturated carbocycles. The third kappa shape index (κ3) is 6.08. The molecule has 0 spiro atoms. The molecule has 3 aromatic rings. The fraction of sp³-hybridized carbons (Fsp3) is 0.353. The average Bonchev–Trinajstić information content (AvgIpc) is 2.98. The average molecular weight is 555 g/mol. The van der Waals surface area contributed by atoms with Gasteiger partial charge in [0.1, 0.15) is 11.4 Å². The number of hydrogen-bond donors (Lipinski definition) is 1. The van der Waals surface area contributed by atoms with Gasteiger partial charge in [0, 0.05) is 5.41 Å². The van der Waals surface area contributed by atoms with E-state index in [1.54, 1.807) is 0 Å². The fourth-order valence-corrected chi connectivity index (χ4v) is 9.77. The van der Waals surface area contributed by atoms with Crippen molar-refractivity contribution >= 4 is 40.0 Å². The van der Waals surface area contributed by atoms with Crippen molar-refractivity contribution in [3.8, 4) is 6.07 Å². The van der Waals surface area contributed by atoms with Crippen molar-refractivity contribution in [1.29, 1.82) is 5.26 Å². The number of carbonyl (C=O) groups is 2. The van der Waals surface area contributed by atoms with Crippen LogP contribution in [-0.2, 0) is 9.53 Å². The number of alkyl carbamates (subject to hydrolysis) is 1. The molecule has 0 radical (unpaired) electrons. The van der Waals surface area contributed by atoms with Crippen LogP contribution in [0.1, 0.15) is 58.8 Å². The van der Waals surface area contributed by atoms with Crippen molar-refractivity contribution < 1.29 is 14.3 Å². The molecule has 0 heterocycles. The van der Waals surface area contributed by atoms with E-state index in [9.17, 15) is 14.9 Å². The molecule has 1 amide bonds. The van der Waals surface area contributed by atoms with Gasteiger partial charge in [-0.2, -0.15) is 5.26 Å². The van der Waals surface area contributed by atoms with E-state index >= 15 is 0 Å². The number of Topliss-reactive ketones (excluding diaryl/α,β-unsaturated/α-hetero) is 1. The first-order valence-corrected chi connectivity index (χ1v) is 16.1. The van der Waals surface area contributed by atoms with Gasteiger partial charge in [-0.1, -0.05) is 124 Å². The Balaban J connectivity index is 1.85. The number of unbranched alkanes of at least 4 members (excludes halogenated alkanes) is 1. The Morgan fingerprint density at radius 3 is 1.77 bits per heavy atom. The lowest BCUT2D eigenvalue weighted by atomic mass is 9.68. The lowest BCUT2D eigenvalue weighted by Crippen LogP contribution is -2.47. The standard InChI is InChI=1S/C34H39N2O3P/c1-3-5-22-30(36-33(38)39-26-34(4-2)23-15-24-34)32(37)31(25-35)40(27-16-9-6-10-17-27,28-18-11-7-12-19-28)29-20-13-8-14-21-29/h6-14,16-21,30H,3-5,15,22-24,26H2,1-2H3,(H,36,38)/t30-/m0/s1. The fourth-order valence-electron chi connectivity index (χ4n) is 5.61. The summed E-state index contributed by atoms with van der Waals surface area (Å²) in [5, 5.41) is 16.6. The maximum absolute atomic E-state index is 14.5. The van der Waals surface area contributed by atoms with E-state index in [1.165, 1.54) is 0 Å². The summed E-state index contributed by atoms with van der Waals surface area (Å²) < 4.78 is 5.67. The summed E-state index contributed by atoms with van der Waals surface area (Å²) in [6.45, 7) is 1.65. The Kier molecular flexibility index (Phi) is 10.0. The van der Waals surface area contributed by atoms with E-state index in [2.05, 4.69) is 18.3 Å². The van der Waals surface area contributed by atoms with E-state index < -0.39 is 19.0 Å². The first kappa shape index (κ1) is 29.4. The maximum Gasteiger partial charge on any atom is 0.407 e. The molecule has 0 unspecified atom stereocenters. The van der Waals surface area contributed by atoms with Crippen molar-refractivity contribution in [2.75, 3.05) is 6.61 Å². The number of carbonyl (C=O) groups excluding carboxylic acids is 2. The third-order valence-electron chi connectivity index (χ3n) is 8.23. The highest BCUT2D eigenvalue weighted by Crippen LogP contribution is 2.47. The molecule has 40 heavy (non-hydrogen) atoms. The van der Waals surface area contributed by atoms with Crippen LogP contribution in [0.2, 0.25) is 0 Å². The van der Waals surface area contributed by atoms with Gasteiger partial charge in [0.25, 0.3) is 0 Å². The maximum atomic E-state index is 14.5. The highest BCUT2D eigenvalue weighted by molar-refractivity contribution is 7.97. The molecular weight excluding hydrogens is 515 g/mol. The number of nitriles is 1. The zero-order chi connectivity index (χ0) is 28.4. The summed E-state index contributed by atoms with van der Waals surface area (Å²) >= 11 is 0. The third-order valence-corrected chi connectivity index (χ3v) is 12.4. The topological polar surface area (TPSA) is 79.2 Å². The van der Waals surface area contributed by atoms with E-state index in [4.69, 9.17) is 4.74 Å². The Morgan fingerprint density at radius 1 is 0.900 bits per heavy atom. The molecule has 1 atom stereocenters. The zero-order valence-electron chi connectivity index (χ0n) is 23.5. The molecule has 3 aromatic carbocycles. The van der Waals surface area contributed by atoms with Crippen molar-refractivity contribution in [3.63, 3.8) is 0 Å². The van der Waals surface area contributed by atoms with Gasteiger partial charge < -0.3 is 10.1 Å². The second-order valence-electron chi connectivity index (χ2n) is 10.6. The summed E-state index contributed by atoms with van der Waals surface area (Å²) in [5.41, 5.74) is 0.0544. The van der Waals surface area contributed by atoms with Gasteiger partial charge in [0.15, 0.2) is 5.78 Å². The number of rotatable bonds is 12. The van der Waals surface area contributed by atoms with E-state index in [0.29, 0.717) is 13.0 Å². The molecule has 1 aliphatic carbocycles. The number of benzene rings is 3. The number of hydrogen-bond acceptors (Lipinski definition) is 4. The van der Waals surface area contributed by atoms with Crippen LogP contribution in [-0.4, -0.2) is 29.8 Å². The van der Waals surface area contributed by atoms with Gasteiger partial charge in [-0.25, -0.2) is 4.79 Å². The van der Waals surface area contributed by atoms with Crippen LogP contribution in [0.15, 0.2) is 91.0 Å². The number of amides is 1. The van der Waals surface area contributed by atoms with Crippen LogP contribution in [0.25, 0.3) is 0 Å². The highest BCUT2D eigenvalue weighted by atomic mass is 31.2. The molecule has 0 aromatic heterocycles. The number of nitrogens with zero attached hydrogens (tertiary/aromatic N) is 1. The van der Waals surface area contributed by atoms with Gasteiger partial charge in [0.2, 0.25) is 0 Å². The van der Waals surface area contributed by atoms with Crippen LogP contribution in [0.5, 0.6) is 0 Å². The van der Waals surface area contributed by atoms with Crippen molar-refractivity contribution in [2.45, 2.75) is 64.8 Å². The van der Waals surface area contributed by atoms with Gasteiger partial charge in [0.05, 0.1) is 12.6 Å². The van der Waals surface area contributed by atoms with Gasteiger partial charge in [-0.3, -0.25) is 4.79 Å². The van der Waals surface area contributed by atoms with Crippen molar-refractivity contribution in [3.05, 3.63) is 91.0 Å². The molecule has 6 heteroatoms. The lowest BCUT2D eigenvalue weighted by molar-refractivity contribution is -0.114. The number of ketones is 1. The summed E-state index contributed by atoms with van der Waals surface area (Å²) in [6.07, 6.45) is 5.67. The summed E-state index contributed by atoms with van der Waals surface area (Å²) in [6, 6.07) is 31.1. The van der Waals surface area contributed by atoms with E-state index in [-0.39, 0.29) is 16.5 Å². The molecule has 1 aliphatic rings. The molecule has 1 N–H and O–H groups in total. The molecule has 0 aliphatic heterocycles. The van der Waals surface area contributed by atoms with Crippen LogP contribution in [0.4, 0.5) is 4.79 Å². The van der Waals surface area contributed by atoms with Crippen LogP contribution < -0.4 is 21.2 Å². The van der Waals surface area contributed by atoms with Crippen molar-refractivity contribution in [1.82, 2.24) is 5.32 Å². The summed E-state index contributed by atoms with van der Waals surface area (Å²) in [5.74, 6) is -0.341. The normalized spacial score (nSPS) is 14.7. The minimum absolute atomic E-state index is 0.0544. The first-order valence-electron chi connectivity index (χ1n) is 14.3. The highest BCUT2D eigenvalue weighted by Gasteiger charge is 2.38. The van der Waals surface area contributed by atoms with Crippen LogP contribution in [0.3, 0.4) is 0 Å². The lowest BCUT2D eigenvalue weighted by Gasteiger charge is -2.40. The van der Waals surface area contributed by atoms with E-state index in [0.717, 1.165) is 54.4 Å². The Labute approximate surface area is 238 Å². The quantitative estimate of drug-likeness (QED) is 0.274. The van der Waals surface area contributed by atoms with Gasteiger partial charge >= 0.3 is 6.09 Å². The predicted molar refractivity (Wildman–Crippen MR) is 165 cm³/mol. The largest absolute Gasteiger partial charge is 0.449 e. The van der Waals surface area contributed by atoms with Crippen LogP contribution >= 0.6 is 6.89 Å². The smallest absolute Gasteiger partial charge is 0.407 e. The minimum Gasteiger partial charge on any atom is -0.449 e. The second kappa shape index (κ2) is 13.6. The van der Waals surface area contributed by atoms with Gasteiger partial charge in [-0.15, -0.1) is 0 Å². The van der Waals surface area contributed by atoms with Gasteiger partial charge in [-0.05, 0) is 48.5 Å². The summed E-state index contributed by atoms with van der Waals surface area (Å²) in [7, 11) is 0. The molecule has 1 fully saturated rings. The first-order chi connectivity index (χ1) is 19.5. The molecule has 0 saturated heterocycles. The zero-order valence-corrected chi connectivity index (χ0v) is 24.4. The number of nitrogens with one attached hydrogen (secondary N) is 1. The SMILES string of the molecule is CCCC[C@H](NC(=O)OCC1(CC)CCC1)C(=O)C(C#N)=P(c1ccccc1)(c1ccccc1)c1ccccc1.